The number of carbonyl (C=O) groups is 1. The van der Waals surface area contributed by atoms with E-state index >= 15 is 0 Å². The van der Waals surface area contributed by atoms with Gasteiger partial charge in [0.2, 0.25) is 15.9 Å². The number of nitrogens with zero attached hydrogens (tertiary/aromatic N) is 1. The van der Waals surface area contributed by atoms with Crippen LogP contribution in [0.1, 0.15) is 6.92 Å². The summed E-state index contributed by atoms with van der Waals surface area (Å²) >= 11 is 6.11. The van der Waals surface area contributed by atoms with E-state index in [0.717, 1.165) is 10.6 Å². The van der Waals surface area contributed by atoms with E-state index in [4.69, 9.17) is 21.1 Å². The first-order valence-corrected chi connectivity index (χ1v) is 10.2. The fraction of sp³-hybridized carbons (Fsp3) is 0.278. The molecule has 27 heavy (non-hydrogen) atoms. The molecule has 2 aromatic rings. The monoisotopic (exact) mass is 412 g/mol. The molecule has 1 N–H and O–H groups in total. The fourth-order valence-electron chi connectivity index (χ4n) is 2.52. The summed E-state index contributed by atoms with van der Waals surface area (Å²) in [6.45, 7) is 1.50. The first-order valence-electron chi connectivity index (χ1n) is 7.95. The molecule has 7 nitrogen and oxygen atoms in total. The van der Waals surface area contributed by atoms with Crippen molar-refractivity contribution in [1.82, 2.24) is 0 Å². The second-order valence-electron chi connectivity index (χ2n) is 5.77. The van der Waals surface area contributed by atoms with Crippen LogP contribution >= 0.6 is 11.6 Å². The Morgan fingerprint density at radius 2 is 1.74 bits per heavy atom. The minimum Gasteiger partial charge on any atom is -0.497 e. The Morgan fingerprint density at radius 1 is 1.11 bits per heavy atom. The number of hydrogen-bond donors (Lipinski definition) is 1. The van der Waals surface area contributed by atoms with Crippen LogP contribution < -0.4 is 19.1 Å². The van der Waals surface area contributed by atoms with Gasteiger partial charge in [-0.25, -0.2) is 8.42 Å². The highest BCUT2D eigenvalue weighted by atomic mass is 35.5. The second kappa shape index (κ2) is 8.49. The summed E-state index contributed by atoms with van der Waals surface area (Å²) in [6, 6.07) is 10.2. The predicted octanol–water partition coefficient (Wildman–Crippen LogP) is 3.15. The molecule has 0 aromatic heterocycles. The molecular formula is C18H21ClN2O5S. The average Bonchev–Trinajstić information content (AvgIpc) is 2.61. The van der Waals surface area contributed by atoms with Gasteiger partial charge < -0.3 is 14.8 Å². The molecule has 0 saturated heterocycles. The van der Waals surface area contributed by atoms with Crippen molar-refractivity contribution in [3.8, 4) is 11.5 Å². The zero-order valence-corrected chi connectivity index (χ0v) is 17.0. The molecule has 0 fully saturated rings. The average molecular weight is 413 g/mol. The quantitative estimate of drug-likeness (QED) is 0.755. The number of benzene rings is 2. The molecule has 0 aliphatic carbocycles. The molecule has 2 rings (SSSR count). The highest BCUT2D eigenvalue weighted by molar-refractivity contribution is 7.92. The van der Waals surface area contributed by atoms with Crippen molar-refractivity contribution in [2.45, 2.75) is 13.0 Å². The number of methoxy groups -OCH3 is 2. The number of ether oxygens (including phenoxy) is 2. The Morgan fingerprint density at radius 3 is 2.22 bits per heavy atom. The number of amides is 1. The number of hydrogen-bond acceptors (Lipinski definition) is 5. The molecular weight excluding hydrogens is 392 g/mol. The van der Waals surface area contributed by atoms with Gasteiger partial charge in [0.25, 0.3) is 0 Å². The molecule has 0 aliphatic rings. The van der Waals surface area contributed by atoms with Crippen molar-refractivity contribution >= 4 is 38.9 Å². The van der Waals surface area contributed by atoms with Gasteiger partial charge in [0.1, 0.15) is 17.5 Å². The maximum atomic E-state index is 12.6. The summed E-state index contributed by atoms with van der Waals surface area (Å²) in [7, 11) is -0.749. The second-order valence-corrected chi connectivity index (χ2v) is 8.04. The SMILES string of the molecule is COc1ccc(NC(=O)[C@@H](C)N(c2ccc(OC)c(Cl)c2)S(C)(=O)=O)cc1. The summed E-state index contributed by atoms with van der Waals surface area (Å²) < 4.78 is 35.8. The number of rotatable bonds is 7. The van der Waals surface area contributed by atoms with Crippen LogP contribution in [0.3, 0.4) is 0 Å². The lowest BCUT2D eigenvalue weighted by Gasteiger charge is -2.28. The largest absolute Gasteiger partial charge is 0.497 e. The predicted molar refractivity (Wildman–Crippen MR) is 106 cm³/mol. The lowest BCUT2D eigenvalue weighted by Crippen LogP contribution is -2.45. The summed E-state index contributed by atoms with van der Waals surface area (Å²) in [5, 5.41) is 2.94. The minimum atomic E-state index is -3.75. The molecule has 1 amide bonds. The van der Waals surface area contributed by atoms with Crippen LogP contribution in [0.4, 0.5) is 11.4 Å². The van der Waals surface area contributed by atoms with E-state index in [0.29, 0.717) is 17.2 Å². The summed E-state index contributed by atoms with van der Waals surface area (Å²) in [6.07, 6.45) is 1.03. The van der Waals surface area contributed by atoms with E-state index in [1.54, 1.807) is 37.4 Å². The number of anilines is 2. The molecule has 2 aromatic carbocycles. The summed E-state index contributed by atoms with van der Waals surface area (Å²) in [5.41, 5.74) is 0.787. The van der Waals surface area contributed by atoms with E-state index in [1.165, 1.54) is 26.2 Å². The maximum Gasteiger partial charge on any atom is 0.247 e. The lowest BCUT2D eigenvalue weighted by atomic mass is 10.2. The Bertz CT molecular complexity index is 916. The number of halogens is 1. The van der Waals surface area contributed by atoms with Crippen molar-refractivity contribution in [2.75, 3.05) is 30.1 Å². The first kappa shape index (κ1) is 20.9. The molecule has 0 unspecified atom stereocenters. The van der Waals surface area contributed by atoms with E-state index in [2.05, 4.69) is 5.32 Å². The van der Waals surface area contributed by atoms with Crippen LogP contribution in [-0.4, -0.2) is 40.8 Å². The van der Waals surface area contributed by atoms with Crippen LogP contribution in [0.15, 0.2) is 42.5 Å². The van der Waals surface area contributed by atoms with E-state index in [1.807, 2.05) is 0 Å². The maximum absolute atomic E-state index is 12.6. The number of sulfonamides is 1. The van der Waals surface area contributed by atoms with Gasteiger partial charge in [0.15, 0.2) is 0 Å². The zero-order valence-electron chi connectivity index (χ0n) is 15.4. The Labute approximate surface area is 163 Å². The molecule has 0 saturated carbocycles. The van der Waals surface area contributed by atoms with Crippen LogP contribution in [0, 0.1) is 0 Å². The molecule has 0 bridgehead atoms. The third kappa shape index (κ3) is 5.05. The van der Waals surface area contributed by atoms with Crippen LogP contribution in [-0.2, 0) is 14.8 Å². The van der Waals surface area contributed by atoms with Gasteiger partial charge in [0, 0.05) is 5.69 Å². The Hall–Kier alpha value is -2.45. The smallest absolute Gasteiger partial charge is 0.247 e. The van der Waals surface area contributed by atoms with Gasteiger partial charge in [-0.1, -0.05) is 11.6 Å². The third-order valence-corrected chi connectivity index (χ3v) is 5.37. The summed E-state index contributed by atoms with van der Waals surface area (Å²) in [4.78, 5) is 12.6. The molecule has 0 heterocycles. The zero-order chi connectivity index (χ0) is 20.2. The molecule has 0 spiro atoms. The van der Waals surface area contributed by atoms with Gasteiger partial charge in [-0.2, -0.15) is 0 Å². The van der Waals surface area contributed by atoms with Gasteiger partial charge in [-0.05, 0) is 49.4 Å². The molecule has 9 heteroatoms. The van der Waals surface area contributed by atoms with Crippen molar-refractivity contribution in [3.05, 3.63) is 47.5 Å². The Balaban J connectivity index is 2.30. The molecule has 146 valence electrons. The van der Waals surface area contributed by atoms with Crippen molar-refractivity contribution in [2.24, 2.45) is 0 Å². The highest BCUT2D eigenvalue weighted by Gasteiger charge is 2.29. The molecule has 0 radical (unpaired) electrons. The number of carbonyl (C=O) groups excluding carboxylic acids is 1. The van der Waals surface area contributed by atoms with Crippen molar-refractivity contribution in [1.29, 1.82) is 0 Å². The van der Waals surface area contributed by atoms with E-state index < -0.39 is 22.0 Å². The number of nitrogens with one attached hydrogen (secondary N) is 1. The van der Waals surface area contributed by atoms with E-state index in [9.17, 15) is 13.2 Å². The normalized spacial score (nSPS) is 12.2. The molecule has 1 atom stereocenters. The van der Waals surface area contributed by atoms with Gasteiger partial charge >= 0.3 is 0 Å². The van der Waals surface area contributed by atoms with Crippen molar-refractivity contribution < 1.29 is 22.7 Å². The summed E-state index contributed by atoms with van der Waals surface area (Å²) in [5.74, 6) is 0.563. The first-order chi connectivity index (χ1) is 12.7. The third-order valence-electron chi connectivity index (χ3n) is 3.84. The Kier molecular flexibility index (Phi) is 6.56. The topological polar surface area (TPSA) is 84.9 Å². The van der Waals surface area contributed by atoms with Gasteiger partial charge in [-0.15, -0.1) is 0 Å². The van der Waals surface area contributed by atoms with Gasteiger partial charge in [0.05, 0.1) is 31.2 Å². The fourth-order valence-corrected chi connectivity index (χ4v) is 3.94. The van der Waals surface area contributed by atoms with Crippen LogP contribution in [0.2, 0.25) is 5.02 Å². The minimum absolute atomic E-state index is 0.242. The highest BCUT2D eigenvalue weighted by Crippen LogP contribution is 2.31. The standard InChI is InChI=1S/C18H21ClN2O5S/c1-12(18(22)20-13-5-8-15(25-2)9-6-13)21(27(4,23)24)14-7-10-17(26-3)16(19)11-14/h5-12H,1-4H3,(H,20,22)/t12-/m1/s1. The van der Waals surface area contributed by atoms with Crippen LogP contribution in [0.25, 0.3) is 0 Å². The molecule has 0 aliphatic heterocycles. The van der Waals surface area contributed by atoms with Crippen LogP contribution in [0.5, 0.6) is 11.5 Å². The lowest BCUT2D eigenvalue weighted by molar-refractivity contribution is -0.116. The van der Waals surface area contributed by atoms with Crippen molar-refractivity contribution in [3.63, 3.8) is 0 Å². The van der Waals surface area contributed by atoms with Gasteiger partial charge in [-0.3, -0.25) is 9.10 Å². The van der Waals surface area contributed by atoms with E-state index in [-0.39, 0.29) is 10.7 Å².